The number of hydrogen-bond donors (Lipinski definition) is 1. The normalized spacial score (nSPS) is 17.9. The van der Waals surface area contributed by atoms with E-state index in [0.717, 1.165) is 10.4 Å². The van der Waals surface area contributed by atoms with Gasteiger partial charge in [0.25, 0.3) is 0 Å². The number of halogens is 3. The summed E-state index contributed by atoms with van der Waals surface area (Å²) < 4.78 is 64.7. The molecule has 1 aliphatic heterocycles. The van der Waals surface area contributed by atoms with Crippen molar-refractivity contribution in [3.63, 3.8) is 0 Å². The van der Waals surface area contributed by atoms with Crippen LogP contribution < -0.4 is 0 Å². The summed E-state index contributed by atoms with van der Waals surface area (Å²) in [5.74, 6) is 0. The molecule has 0 radical (unpaired) electrons. The first-order valence-corrected chi connectivity index (χ1v) is 7.62. The Balaban J connectivity index is 2.24. The lowest BCUT2D eigenvalue weighted by molar-refractivity contribution is -0.0953. The molecule has 1 aromatic heterocycles. The number of rotatable bonds is 3. The van der Waals surface area contributed by atoms with Crippen LogP contribution in [-0.4, -0.2) is 41.7 Å². The standard InChI is InChI=1S/C12H15F3N2O3S/c1-16-7-11(6-10(16)8-18)21(19,20)17-4-2-9(3-5-17)12(13,14)15/h2,6-7,18H,3-5,8H2,1H3. The fourth-order valence-electron chi connectivity index (χ4n) is 2.15. The highest BCUT2D eigenvalue weighted by Gasteiger charge is 2.37. The molecule has 2 heterocycles. The van der Waals surface area contributed by atoms with Gasteiger partial charge in [0, 0.05) is 37.6 Å². The van der Waals surface area contributed by atoms with Crippen LogP contribution in [0.3, 0.4) is 0 Å². The van der Waals surface area contributed by atoms with Gasteiger partial charge in [0.2, 0.25) is 10.0 Å². The number of aryl methyl sites for hydroxylation is 1. The van der Waals surface area contributed by atoms with E-state index in [4.69, 9.17) is 5.11 Å². The zero-order valence-corrected chi connectivity index (χ0v) is 12.1. The lowest BCUT2D eigenvalue weighted by atomic mass is 10.1. The van der Waals surface area contributed by atoms with Gasteiger partial charge < -0.3 is 9.67 Å². The largest absolute Gasteiger partial charge is 0.412 e. The van der Waals surface area contributed by atoms with Crippen LogP contribution in [0.5, 0.6) is 0 Å². The van der Waals surface area contributed by atoms with Crippen LogP contribution in [0.15, 0.2) is 28.8 Å². The quantitative estimate of drug-likeness (QED) is 0.855. The van der Waals surface area contributed by atoms with Crippen LogP contribution in [0.4, 0.5) is 13.2 Å². The van der Waals surface area contributed by atoms with Gasteiger partial charge in [0.05, 0.1) is 6.61 Å². The van der Waals surface area contributed by atoms with Crippen molar-refractivity contribution < 1.29 is 26.7 Å². The minimum absolute atomic E-state index is 0.0297. The topological polar surface area (TPSA) is 62.5 Å². The van der Waals surface area contributed by atoms with Crippen molar-refractivity contribution in [3.05, 3.63) is 29.6 Å². The molecule has 1 N–H and O–H groups in total. The van der Waals surface area contributed by atoms with Crippen molar-refractivity contribution in [1.29, 1.82) is 0 Å². The third-order valence-electron chi connectivity index (χ3n) is 3.42. The van der Waals surface area contributed by atoms with Crippen LogP contribution in [0.1, 0.15) is 12.1 Å². The third-order valence-corrected chi connectivity index (χ3v) is 5.25. The first-order chi connectivity index (χ1) is 9.66. The van der Waals surface area contributed by atoms with Gasteiger partial charge in [-0.2, -0.15) is 17.5 Å². The Morgan fingerprint density at radius 1 is 1.38 bits per heavy atom. The molecule has 2 rings (SSSR count). The number of nitrogens with zero attached hydrogens (tertiary/aromatic N) is 2. The molecule has 0 amide bonds. The summed E-state index contributed by atoms with van der Waals surface area (Å²) in [6.45, 7) is -0.832. The molecule has 0 unspecified atom stereocenters. The van der Waals surface area contributed by atoms with Crippen molar-refractivity contribution in [2.75, 3.05) is 13.1 Å². The Bertz CT molecular complexity index is 662. The Labute approximate surface area is 120 Å². The first-order valence-electron chi connectivity index (χ1n) is 6.18. The average molecular weight is 324 g/mol. The van der Waals surface area contributed by atoms with E-state index < -0.39 is 21.8 Å². The maximum Gasteiger partial charge on any atom is 0.412 e. The summed E-state index contributed by atoms with van der Waals surface area (Å²) >= 11 is 0. The van der Waals surface area contributed by atoms with Gasteiger partial charge in [-0.05, 0) is 12.5 Å². The van der Waals surface area contributed by atoms with Gasteiger partial charge in [0.1, 0.15) is 4.90 Å². The monoisotopic (exact) mass is 324 g/mol. The van der Waals surface area contributed by atoms with Crippen LogP contribution in [0.25, 0.3) is 0 Å². The summed E-state index contributed by atoms with van der Waals surface area (Å²) in [4.78, 5) is -0.0297. The average Bonchev–Trinajstić information content (AvgIpc) is 2.80. The number of aliphatic hydroxyl groups is 1. The van der Waals surface area contributed by atoms with E-state index in [1.165, 1.54) is 16.8 Å². The van der Waals surface area contributed by atoms with Crippen molar-refractivity contribution in [2.45, 2.75) is 24.1 Å². The SMILES string of the molecule is Cn1cc(S(=O)(=O)N2CC=C(C(F)(F)F)CC2)cc1CO. The molecule has 0 atom stereocenters. The summed E-state index contributed by atoms with van der Waals surface area (Å²) in [6, 6.07) is 1.32. The molecular weight excluding hydrogens is 309 g/mol. The van der Waals surface area contributed by atoms with Gasteiger partial charge in [-0.1, -0.05) is 6.08 Å². The maximum absolute atomic E-state index is 12.5. The van der Waals surface area contributed by atoms with Gasteiger partial charge in [-0.3, -0.25) is 0 Å². The fraction of sp³-hybridized carbons (Fsp3) is 0.500. The maximum atomic E-state index is 12.5. The number of aromatic nitrogens is 1. The summed E-state index contributed by atoms with van der Waals surface area (Å²) in [6.07, 6.45) is -2.53. The second kappa shape index (κ2) is 5.47. The lowest BCUT2D eigenvalue weighted by Crippen LogP contribution is -2.36. The molecule has 9 heteroatoms. The minimum Gasteiger partial charge on any atom is -0.390 e. The van der Waals surface area contributed by atoms with E-state index in [9.17, 15) is 21.6 Å². The van der Waals surface area contributed by atoms with Crippen LogP contribution >= 0.6 is 0 Å². The first kappa shape index (κ1) is 16.1. The van der Waals surface area contributed by atoms with Crippen LogP contribution in [0, 0.1) is 0 Å². The molecule has 5 nitrogen and oxygen atoms in total. The molecule has 0 saturated carbocycles. The molecule has 0 bridgehead atoms. The zero-order valence-electron chi connectivity index (χ0n) is 11.3. The number of hydrogen-bond acceptors (Lipinski definition) is 3. The Morgan fingerprint density at radius 2 is 2.05 bits per heavy atom. The van der Waals surface area contributed by atoms with Crippen molar-refractivity contribution in [1.82, 2.24) is 8.87 Å². The van der Waals surface area contributed by atoms with Crippen LogP contribution in [0.2, 0.25) is 0 Å². The highest BCUT2D eigenvalue weighted by Crippen LogP contribution is 2.31. The molecule has 0 spiro atoms. The van der Waals surface area contributed by atoms with Crippen molar-refractivity contribution in [3.8, 4) is 0 Å². The van der Waals surface area contributed by atoms with Crippen molar-refractivity contribution >= 4 is 10.0 Å². The smallest absolute Gasteiger partial charge is 0.390 e. The summed E-state index contributed by atoms with van der Waals surface area (Å²) in [7, 11) is -2.27. The minimum atomic E-state index is -4.41. The second-order valence-corrected chi connectivity index (χ2v) is 6.71. The molecule has 118 valence electrons. The lowest BCUT2D eigenvalue weighted by Gasteiger charge is -2.26. The van der Waals surface area contributed by atoms with E-state index in [1.807, 2.05) is 0 Å². The van der Waals surface area contributed by atoms with E-state index in [2.05, 4.69) is 0 Å². The van der Waals surface area contributed by atoms with Crippen LogP contribution in [-0.2, 0) is 23.7 Å². The van der Waals surface area contributed by atoms with Crippen molar-refractivity contribution in [2.24, 2.45) is 7.05 Å². The summed E-state index contributed by atoms with van der Waals surface area (Å²) in [5, 5.41) is 9.07. The highest BCUT2D eigenvalue weighted by atomic mass is 32.2. The molecular formula is C12H15F3N2O3S. The van der Waals surface area contributed by atoms with Gasteiger partial charge in [-0.25, -0.2) is 8.42 Å². The zero-order chi connectivity index (χ0) is 15.8. The van der Waals surface area contributed by atoms with E-state index in [0.29, 0.717) is 5.69 Å². The van der Waals surface area contributed by atoms with E-state index in [-0.39, 0.29) is 31.0 Å². The molecule has 0 aliphatic carbocycles. The highest BCUT2D eigenvalue weighted by molar-refractivity contribution is 7.89. The summed E-state index contributed by atoms with van der Waals surface area (Å²) in [5.41, 5.74) is -0.282. The molecule has 21 heavy (non-hydrogen) atoms. The Morgan fingerprint density at radius 3 is 2.48 bits per heavy atom. The number of alkyl halides is 3. The van der Waals surface area contributed by atoms with Gasteiger partial charge >= 0.3 is 6.18 Å². The predicted octanol–water partition coefficient (Wildman–Crippen LogP) is 1.40. The fourth-order valence-corrected chi connectivity index (χ4v) is 3.63. The Hall–Kier alpha value is -1.32. The predicted molar refractivity (Wildman–Crippen MR) is 68.8 cm³/mol. The Kier molecular flexibility index (Phi) is 4.18. The number of aliphatic hydroxyl groups excluding tert-OH is 1. The number of sulfonamides is 1. The van der Waals surface area contributed by atoms with Gasteiger partial charge in [-0.15, -0.1) is 0 Å². The van der Waals surface area contributed by atoms with E-state index >= 15 is 0 Å². The van der Waals surface area contributed by atoms with E-state index in [1.54, 1.807) is 7.05 Å². The third kappa shape index (κ3) is 3.14. The molecule has 0 aromatic carbocycles. The molecule has 0 fully saturated rings. The molecule has 0 saturated heterocycles. The molecule has 1 aromatic rings. The second-order valence-electron chi connectivity index (χ2n) is 4.78. The molecule has 1 aliphatic rings. The van der Waals surface area contributed by atoms with Gasteiger partial charge in [0.15, 0.2) is 0 Å².